The summed E-state index contributed by atoms with van der Waals surface area (Å²) in [6, 6.07) is 3.18. The van der Waals surface area contributed by atoms with E-state index in [4.69, 9.17) is 19.9 Å². The normalized spacial score (nSPS) is 13.6. The van der Waals surface area contributed by atoms with E-state index in [9.17, 15) is 24.3 Å². The number of esters is 3. The van der Waals surface area contributed by atoms with Crippen LogP contribution in [-0.2, 0) is 23.9 Å². The van der Waals surface area contributed by atoms with Crippen LogP contribution in [0.15, 0.2) is 18.2 Å². The number of benzene rings is 1. The molecule has 190 valence electrons. The molecule has 0 spiro atoms. The van der Waals surface area contributed by atoms with Crippen molar-refractivity contribution < 1.29 is 38.5 Å². The van der Waals surface area contributed by atoms with Gasteiger partial charge in [0.1, 0.15) is 6.04 Å². The number of aliphatic carboxylic acids is 1. The molecule has 3 atom stereocenters. The van der Waals surface area contributed by atoms with Crippen LogP contribution in [0.25, 0.3) is 0 Å². The Morgan fingerprint density at radius 2 is 1.47 bits per heavy atom. The summed E-state index contributed by atoms with van der Waals surface area (Å²) in [5, 5.41) is 9.59. The molecule has 0 aromatic heterocycles. The standard InChI is InChI=1S/C25H37NO8/c1-6-8-20(27)33-18-11-10-17(13-19(18)34-21(28)9-7-2)23(24(26)25(30)31)16(5)14-32-22(29)12-15(3)4/h10-11,13,15-16,23-24H,6-9,12,14,26H2,1-5H3,(H,30,31)/t16?,23?,24-/m0/s1. The van der Waals surface area contributed by atoms with Crippen LogP contribution in [0, 0.1) is 11.8 Å². The average molecular weight is 480 g/mol. The molecule has 0 aliphatic heterocycles. The fraction of sp³-hybridized carbons (Fsp3) is 0.600. The number of carbonyl (C=O) groups excluding carboxylic acids is 3. The lowest BCUT2D eigenvalue weighted by Crippen LogP contribution is -2.40. The van der Waals surface area contributed by atoms with Gasteiger partial charge < -0.3 is 25.1 Å². The first kappa shape index (κ1) is 29.1. The smallest absolute Gasteiger partial charge is 0.321 e. The van der Waals surface area contributed by atoms with Gasteiger partial charge in [-0.15, -0.1) is 0 Å². The van der Waals surface area contributed by atoms with Crippen LogP contribution in [0.2, 0.25) is 0 Å². The molecule has 0 radical (unpaired) electrons. The van der Waals surface area contributed by atoms with Crippen LogP contribution in [0.4, 0.5) is 0 Å². The first-order valence-corrected chi connectivity index (χ1v) is 11.7. The average Bonchev–Trinajstić information content (AvgIpc) is 2.73. The number of nitrogens with two attached hydrogens (primary N) is 1. The summed E-state index contributed by atoms with van der Waals surface area (Å²) in [7, 11) is 0. The van der Waals surface area contributed by atoms with Crippen molar-refractivity contribution in [3.63, 3.8) is 0 Å². The molecule has 0 aliphatic rings. The SMILES string of the molecule is CCCC(=O)Oc1ccc(C(C(C)COC(=O)CC(C)C)[C@H](N)C(=O)O)cc1OC(=O)CCC. The van der Waals surface area contributed by atoms with Gasteiger partial charge in [-0.3, -0.25) is 19.2 Å². The molecule has 1 rings (SSSR count). The van der Waals surface area contributed by atoms with E-state index in [1.807, 2.05) is 27.7 Å². The summed E-state index contributed by atoms with van der Waals surface area (Å²) in [6.07, 6.45) is 1.75. The number of hydrogen-bond acceptors (Lipinski definition) is 8. The molecule has 0 bridgehead atoms. The zero-order chi connectivity index (χ0) is 25.8. The summed E-state index contributed by atoms with van der Waals surface area (Å²) in [5.74, 6) is -3.64. The lowest BCUT2D eigenvalue weighted by Gasteiger charge is -2.28. The predicted molar refractivity (Wildman–Crippen MR) is 125 cm³/mol. The van der Waals surface area contributed by atoms with Crippen LogP contribution >= 0.6 is 0 Å². The second-order valence-electron chi connectivity index (χ2n) is 8.80. The first-order valence-electron chi connectivity index (χ1n) is 11.7. The highest BCUT2D eigenvalue weighted by Gasteiger charge is 2.32. The van der Waals surface area contributed by atoms with Crippen molar-refractivity contribution in [2.75, 3.05) is 6.61 Å². The Morgan fingerprint density at radius 3 is 1.97 bits per heavy atom. The van der Waals surface area contributed by atoms with Crippen molar-refractivity contribution in [3.8, 4) is 11.5 Å². The van der Waals surface area contributed by atoms with Gasteiger partial charge in [-0.05, 0) is 42.4 Å². The van der Waals surface area contributed by atoms with Gasteiger partial charge in [0.15, 0.2) is 11.5 Å². The van der Waals surface area contributed by atoms with Gasteiger partial charge in [0.25, 0.3) is 0 Å². The highest BCUT2D eigenvalue weighted by molar-refractivity contribution is 5.77. The molecule has 0 heterocycles. The Hall–Kier alpha value is -2.94. The van der Waals surface area contributed by atoms with Gasteiger partial charge >= 0.3 is 23.9 Å². The molecule has 1 aromatic rings. The van der Waals surface area contributed by atoms with E-state index in [2.05, 4.69) is 0 Å². The van der Waals surface area contributed by atoms with Crippen LogP contribution in [0.1, 0.15) is 78.2 Å². The fourth-order valence-electron chi connectivity index (χ4n) is 3.42. The summed E-state index contributed by atoms with van der Waals surface area (Å²) in [5.41, 5.74) is 6.46. The van der Waals surface area contributed by atoms with Crippen molar-refractivity contribution in [1.29, 1.82) is 0 Å². The molecule has 0 saturated heterocycles. The highest BCUT2D eigenvalue weighted by atomic mass is 16.6. The maximum atomic E-state index is 12.2. The fourth-order valence-corrected chi connectivity index (χ4v) is 3.42. The lowest BCUT2D eigenvalue weighted by molar-refractivity contribution is -0.146. The quantitative estimate of drug-likeness (QED) is 0.301. The molecule has 0 saturated carbocycles. The van der Waals surface area contributed by atoms with Crippen LogP contribution in [0.5, 0.6) is 11.5 Å². The molecular weight excluding hydrogens is 442 g/mol. The van der Waals surface area contributed by atoms with E-state index in [1.165, 1.54) is 12.1 Å². The summed E-state index contributed by atoms with van der Waals surface area (Å²) in [6.45, 7) is 9.14. The van der Waals surface area contributed by atoms with Crippen molar-refractivity contribution in [2.45, 2.75) is 78.7 Å². The second kappa shape index (κ2) is 14.3. The molecule has 9 heteroatoms. The number of carbonyl (C=O) groups is 4. The minimum absolute atomic E-state index is 0.00648. The number of hydrogen-bond donors (Lipinski definition) is 2. The van der Waals surface area contributed by atoms with Crippen molar-refractivity contribution in [1.82, 2.24) is 0 Å². The predicted octanol–water partition coefficient (Wildman–Crippen LogP) is 3.82. The van der Waals surface area contributed by atoms with Gasteiger partial charge in [-0.25, -0.2) is 0 Å². The van der Waals surface area contributed by atoms with Crippen LogP contribution in [-0.4, -0.2) is 41.6 Å². The van der Waals surface area contributed by atoms with Crippen LogP contribution < -0.4 is 15.2 Å². The maximum absolute atomic E-state index is 12.2. The molecule has 9 nitrogen and oxygen atoms in total. The number of rotatable bonds is 14. The van der Waals surface area contributed by atoms with Gasteiger partial charge in [-0.1, -0.05) is 40.7 Å². The molecule has 0 aliphatic carbocycles. The molecule has 34 heavy (non-hydrogen) atoms. The molecule has 0 fully saturated rings. The molecule has 1 aromatic carbocycles. The van der Waals surface area contributed by atoms with Gasteiger partial charge in [-0.2, -0.15) is 0 Å². The topological polar surface area (TPSA) is 142 Å². The Kier molecular flexibility index (Phi) is 12.3. The largest absolute Gasteiger partial charge is 0.480 e. The summed E-state index contributed by atoms with van der Waals surface area (Å²) < 4.78 is 16.1. The zero-order valence-corrected chi connectivity index (χ0v) is 20.7. The molecule has 3 N–H and O–H groups in total. The number of ether oxygens (including phenoxy) is 3. The van der Waals surface area contributed by atoms with Crippen molar-refractivity contribution in [3.05, 3.63) is 23.8 Å². The zero-order valence-electron chi connectivity index (χ0n) is 20.7. The van der Waals surface area contributed by atoms with E-state index in [-0.39, 0.29) is 49.3 Å². The van der Waals surface area contributed by atoms with Gasteiger partial charge in [0.2, 0.25) is 0 Å². The minimum Gasteiger partial charge on any atom is -0.480 e. The Labute approximate surface area is 200 Å². The number of carboxylic acid groups (broad SMARTS) is 1. The van der Waals surface area contributed by atoms with E-state index in [0.717, 1.165) is 0 Å². The molecule has 0 amide bonds. The summed E-state index contributed by atoms with van der Waals surface area (Å²) in [4.78, 5) is 47.9. The van der Waals surface area contributed by atoms with Crippen molar-refractivity contribution >= 4 is 23.9 Å². The Bertz CT molecular complexity index is 851. The Balaban J connectivity index is 3.30. The third-order valence-electron chi connectivity index (χ3n) is 5.08. The lowest BCUT2D eigenvalue weighted by atomic mass is 9.82. The van der Waals surface area contributed by atoms with Crippen molar-refractivity contribution in [2.24, 2.45) is 17.6 Å². The minimum atomic E-state index is -1.31. The van der Waals surface area contributed by atoms with E-state index in [1.54, 1.807) is 13.0 Å². The molecular formula is C25H37NO8. The Morgan fingerprint density at radius 1 is 0.912 bits per heavy atom. The molecule has 2 unspecified atom stereocenters. The first-order chi connectivity index (χ1) is 16.0. The van der Waals surface area contributed by atoms with Gasteiger partial charge in [0, 0.05) is 25.2 Å². The van der Waals surface area contributed by atoms with E-state index in [0.29, 0.717) is 18.4 Å². The maximum Gasteiger partial charge on any atom is 0.321 e. The third kappa shape index (κ3) is 9.51. The van der Waals surface area contributed by atoms with Gasteiger partial charge in [0.05, 0.1) is 6.61 Å². The summed E-state index contributed by atoms with van der Waals surface area (Å²) >= 11 is 0. The highest BCUT2D eigenvalue weighted by Crippen LogP contribution is 2.36. The van der Waals surface area contributed by atoms with E-state index < -0.39 is 35.8 Å². The monoisotopic (exact) mass is 479 g/mol. The third-order valence-corrected chi connectivity index (χ3v) is 5.08. The second-order valence-corrected chi connectivity index (χ2v) is 8.80. The van der Waals surface area contributed by atoms with Crippen LogP contribution in [0.3, 0.4) is 0 Å². The number of carboxylic acids is 1. The van der Waals surface area contributed by atoms with E-state index >= 15 is 0 Å².